The zero-order valence-corrected chi connectivity index (χ0v) is 56.7. The van der Waals surface area contributed by atoms with E-state index in [-0.39, 0.29) is 57.5 Å². The molecule has 0 fully saturated rings. The molecule has 495 valence electrons. The molecule has 1 radical (unpaired) electrons. The monoisotopic (exact) mass is 1260 g/mol. The Hall–Kier alpha value is -4.99. The number of nitrogens with one attached hydrogen (secondary N) is 2. The van der Waals surface area contributed by atoms with Crippen molar-refractivity contribution < 1.29 is 61.8 Å². The van der Waals surface area contributed by atoms with Gasteiger partial charge in [-0.2, -0.15) is 0 Å². The quantitative estimate of drug-likeness (QED) is 0.0278. The average Bonchev–Trinajstić information content (AvgIpc) is 3.25. The van der Waals surface area contributed by atoms with Gasteiger partial charge in [0, 0.05) is 29.7 Å². The van der Waals surface area contributed by atoms with E-state index in [2.05, 4.69) is 36.4 Å². The van der Waals surface area contributed by atoms with E-state index in [9.17, 15) is 39.3 Å². The first kappa shape index (κ1) is 83.0. The molecule has 0 spiro atoms. The molecule has 12 nitrogen and oxygen atoms in total. The molecule has 88 heavy (non-hydrogen) atoms. The Labute approximate surface area is 545 Å². The van der Waals surface area contributed by atoms with Crippen molar-refractivity contribution in [2.24, 2.45) is 4.99 Å². The molecule has 0 unspecified atom stereocenters. The van der Waals surface area contributed by atoms with Gasteiger partial charge in [0.2, 0.25) is 11.8 Å². The van der Waals surface area contributed by atoms with Gasteiger partial charge in [-0.15, -0.1) is 0 Å². The van der Waals surface area contributed by atoms with Crippen molar-refractivity contribution in [3.63, 3.8) is 0 Å². The molecule has 3 N–H and O–H groups in total. The smallest absolute Gasteiger partial charge is 0.862 e. The Balaban J connectivity index is 0.00000128. The van der Waals surface area contributed by atoms with E-state index in [4.69, 9.17) is 5.11 Å². The van der Waals surface area contributed by atoms with E-state index in [1.165, 1.54) is 268 Å². The Morgan fingerprint density at radius 1 is 0.330 bits per heavy atom. The van der Waals surface area contributed by atoms with Crippen molar-refractivity contribution in [1.82, 2.24) is 0 Å². The van der Waals surface area contributed by atoms with E-state index in [1.807, 2.05) is 0 Å². The summed E-state index contributed by atoms with van der Waals surface area (Å²) >= 11 is 0. The summed E-state index contributed by atoms with van der Waals surface area (Å²) in [6.45, 7) is 6.79. The molecule has 13 heteroatoms. The summed E-state index contributed by atoms with van der Waals surface area (Å²) in [5, 5.41) is 48.6. The number of carbonyl (C=O) groups excluding carboxylic acids is 4. The molecule has 2 amide bonds. The van der Waals surface area contributed by atoms with Crippen LogP contribution in [0.3, 0.4) is 0 Å². The molecule has 0 bridgehead atoms. The third-order valence-electron chi connectivity index (χ3n) is 16.2. The molecular weight excluding hydrogens is 1140 g/mol. The number of carboxylic acid groups (broad SMARTS) is 3. The fourth-order valence-corrected chi connectivity index (χ4v) is 10.9. The number of benzene rings is 3. The molecule has 0 aliphatic rings. The Morgan fingerprint density at radius 3 is 0.864 bits per heavy atom. The van der Waals surface area contributed by atoms with E-state index in [0.29, 0.717) is 30.6 Å². The fourth-order valence-electron chi connectivity index (χ4n) is 10.9. The summed E-state index contributed by atoms with van der Waals surface area (Å²) in [5.41, 5.74) is 1.02. The van der Waals surface area contributed by atoms with Crippen LogP contribution in [-0.4, -0.2) is 40.7 Å². The van der Waals surface area contributed by atoms with Gasteiger partial charge >= 0.3 is 23.3 Å². The number of aliphatic imine (C=N–C) groups is 1. The van der Waals surface area contributed by atoms with Gasteiger partial charge in [-0.3, -0.25) is 14.6 Å². The first-order valence-corrected chi connectivity index (χ1v) is 35.2. The van der Waals surface area contributed by atoms with Crippen LogP contribution < -0.4 is 26.0 Å². The molecule has 3 rings (SSSR count). The van der Waals surface area contributed by atoms with Crippen molar-refractivity contribution in [2.75, 3.05) is 10.6 Å². The van der Waals surface area contributed by atoms with Crippen molar-refractivity contribution >= 4 is 52.7 Å². The van der Waals surface area contributed by atoms with Crippen LogP contribution in [0, 0.1) is 0 Å². The van der Waals surface area contributed by atoms with Crippen LogP contribution >= 0.6 is 0 Å². The molecule has 0 heterocycles. The number of nitrogens with zero attached hydrogens (tertiary/aromatic N) is 1. The maximum Gasteiger partial charge on any atom is 3.00 e. The van der Waals surface area contributed by atoms with Crippen molar-refractivity contribution in [2.45, 2.75) is 329 Å². The van der Waals surface area contributed by atoms with Gasteiger partial charge in [0.25, 0.3) is 0 Å². The number of rotatable bonds is 54. The minimum absolute atomic E-state index is 0. The van der Waals surface area contributed by atoms with Gasteiger partial charge in [0.1, 0.15) is 0 Å². The molecule has 0 saturated heterocycles. The molecule has 0 atom stereocenters. The zero-order valence-electron chi connectivity index (χ0n) is 55.4. The molecule has 0 aromatic heterocycles. The molecular formula is C75H120CrN3O9. The first-order chi connectivity index (χ1) is 42.4. The third kappa shape index (κ3) is 48.9. The summed E-state index contributed by atoms with van der Waals surface area (Å²) in [4.78, 5) is 61.2. The standard InChI is InChI=1S/3C25H41NO3.Cr/c3*1-2-3-4-5-6-7-8-9-10-11-12-13-14-15-16-21-24(27)26-23-20-18-17-19-22(23)25(28)29;/h3*17-20H,2-16,21H2,1H3,(H,26,27)(H,28,29);/q;;;+3/p-3. The number of amides is 2. The maximum atomic E-state index is 12.0. The zero-order chi connectivity index (χ0) is 63.5. The summed E-state index contributed by atoms with van der Waals surface area (Å²) in [5.74, 6) is -4.08. The van der Waals surface area contributed by atoms with Gasteiger partial charge in [0.05, 0.1) is 28.9 Å². The second-order valence-electron chi connectivity index (χ2n) is 24.2. The van der Waals surface area contributed by atoms with E-state index < -0.39 is 17.9 Å². The molecule has 0 saturated carbocycles. The number of hydrogen-bond donors (Lipinski definition) is 3. The minimum Gasteiger partial charge on any atom is -0.862 e. The third-order valence-corrected chi connectivity index (χ3v) is 16.2. The number of aromatic carboxylic acids is 3. The van der Waals surface area contributed by atoms with Crippen molar-refractivity contribution in [3.05, 3.63) is 89.5 Å². The Morgan fingerprint density at radius 2 is 0.568 bits per heavy atom. The number of carbonyl (C=O) groups is 5. The van der Waals surface area contributed by atoms with Crippen LogP contribution in [0.2, 0.25) is 0 Å². The van der Waals surface area contributed by atoms with Crippen molar-refractivity contribution in [1.29, 1.82) is 0 Å². The van der Waals surface area contributed by atoms with E-state index in [0.717, 1.165) is 44.9 Å². The fraction of sp³-hybridized carbons (Fsp3) is 0.680. The summed E-state index contributed by atoms with van der Waals surface area (Å²) in [7, 11) is 0. The van der Waals surface area contributed by atoms with Crippen LogP contribution in [0.15, 0.2) is 77.8 Å². The van der Waals surface area contributed by atoms with Gasteiger partial charge < -0.3 is 40.6 Å². The number of anilines is 2. The van der Waals surface area contributed by atoms with E-state index >= 15 is 0 Å². The summed E-state index contributed by atoms with van der Waals surface area (Å²) in [6.07, 6.45) is 59.4. The topological polar surface area (TPSA) is 211 Å². The number of carboxylic acids is 3. The maximum absolute atomic E-state index is 12.0. The van der Waals surface area contributed by atoms with Crippen LogP contribution in [0.25, 0.3) is 0 Å². The second kappa shape index (κ2) is 60.9. The number of hydrogen-bond acceptors (Lipinski definition) is 9. The summed E-state index contributed by atoms with van der Waals surface area (Å²) < 4.78 is 0. The van der Waals surface area contributed by atoms with Gasteiger partial charge in [-0.25, -0.2) is 4.79 Å². The van der Waals surface area contributed by atoms with Crippen LogP contribution in [0.5, 0.6) is 0 Å². The number of unbranched alkanes of at least 4 members (excludes halogenated alkanes) is 42. The van der Waals surface area contributed by atoms with Crippen LogP contribution in [0.4, 0.5) is 17.1 Å². The largest absolute Gasteiger partial charge is 3.00 e. The van der Waals surface area contributed by atoms with Gasteiger partial charge in [0.15, 0.2) is 0 Å². The van der Waals surface area contributed by atoms with Crippen LogP contribution in [0.1, 0.15) is 360 Å². The molecule has 0 aliphatic heterocycles. The second-order valence-corrected chi connectivity index (χ2v) is 24.2. The van der Waals surface area contributed by atoms with E-state index in [1.54, 1.807) is 48.5 Å². The molecule has 3 aromatic rings. The molecule has 3 aromatic carbocycles. The minimum atomic E-state index is -1.30. The predicted molar refractivity (Wildman–Crippen MR) is 358 cm³/mol. The average molecular weight is 1260 g/mol. The SMILES string of the molecule is CCCCCCCCCCCCCCCCCC(=O)Nc1ccccc1C(=O)O.CCCCCCCCCCCCCCCCCC(=O)Nc1ccccc1C(=O)[O-].CCCCCCCCCCCCCCCCCC([O-])=Nc1ccccc1C(=O)[O-].[Cr+3]. The Kier molecular flexibility index (Phi) is 57.4. The van der Waals surface area contributed by atoms with Gasteiger partial charge in [-0.1, -0.05) is 339 Å². The number of para-hydroxylation sites is 3. The van der Waals surface area contributed by atoms with Gasteiger partial charge in [-0.05, 0) is 55.8 Å². The normalized spacial score (nSPS) is 11.0. The Bertz CT molecular complexity index is 2120. The predicted octanol–water partition coefficient (Wildman–Crippen LogP) is 19.5. The first-order valence-electron chi connectivity index (χ1n) is 35.2. The summed E-state index contributed by atoms with van der Waals surface area (Å²) in [6, 6.07) is 19.1. The molecule has 0 aliphatic carbocycles. The van der Waals surface area contributed by atoms with Crippen molar-refractivity contribution in [3.8, 4) is 0 Å². The van der Waals surface area contributed by atoms with Crippen LogP contribution in [-0.2, 0) is 27.0 Å².